The van der Waals surface area contributed by atoms with E-state index in [-0.39, 0.29) is 11.9 Å². The minimum atomic E-state index is -0.323. The van der Waals surface area contributed by atoms with Crippen LogP contribution in [0.4, 0.5) is 10.1 Å². The van der Waals surface area contributed by atoms with Gasteiger partial charge < -0.3 is 0 Å². The first-order chi connectivity index (χ1) is 13.2. The van der Waals surface area contributed by atoms with E-state index in [9.17, 15) is 4.39 Å². The molecule has 1 N–H and O–H groups in total. The largest absolute Gasteiger partial charge is 0.299 e. The average Bonchev–Trinajstić information content (AvgIpc) is 3.31. The molecule has 4 nitrogen and oxygen atoms in total. The summed E-state index contributed by atoms with van der Waals surface area (Å²) in [5.74, 6) is -0.323. The summed E-state index contributed by atoms with van der Waals surface area (Å²) in [7, 11) is 0. The number of pyridine rings is 1. The number of hydrazine groups is 1. The van der Waals surface area contributed by atoms with E-state index < -0.39 is 0 Å². The van der Waals surface area contributed by atoms with E-state index in [1.165, 1.54) is 30.5 Å². The lowest BCUT2D eigenvalue weighted by Gasteiger charge is -2.22. The number of nitrogens with zero attached hydrogens (tertiary/aromatic N) is 3. The van der Waals surface area contributed by atoms with E-state index in [2.05, 4.69) is 27.6 Å². The predicted molar refractivity (Wildman–Crippen MR) is 107 cm³/mol. The topological polar surface area (TPSA) is 31.4 Å². The number of rotatable bonds is 6. The van der Waals surface area contributed by atoms with Gasteiger partial charge >= 0.3 is 0 Å². The van der Waals surface area contributed by atoms with Crippen LogP contribution in [0.1, 0.15) is 25.0 Å². The van der Waals surface area contributed by atoms with Gasteiger partial charge in [0, 0.05) is 24.6 Å². The van der Waals surface area contributed by atoms with Gasteiger partial charge in [0.05, 0.1) is 16.8 Å². The molecule has 2 aliphatic rings. The van der Waals surface area contributed by atoms with Crippen LogP contribution in [0.15, 0.2) is 54.4 Å². The van der Waals surface area contributed by atoms with Gasteiger partial charge in [-0.2, -0.15) is 0 Å². The molecule has 0 radical (unpaired) electrons. The summed E-state index contributed by atoms with van der Waals surface area (Å²) in [4.78, 5) is 6.93. The molecule has 1 saturated heterocycles. The molecule has 4 rings (SSSR count). The van der Waals surface area contributed by atoms with Gasteiger partial charge in [0.2, 0.25) is 0 Å². The second kappa shape index (κ2) is 8.38. The molecule has 1 unspecified atom stereocenters. The first-order valence-corrected chi connectivity index (χ1v) is 9.90. The highest BCUT2D eigenvalue weighted by atomic mass is 35.5. The van der Waals surface area contributed by atoms with Gasteiger partial charge in [-0.05, 0) is 74.7 Å². The lowest BCUT2D eigenvalue weighted by molar-refractivity contribution is 0.357. The zero-order valence-corrected chi connectivity index (χ0v) is 16.0. The fraction of sp³-hybridized carbons (Fsp3) is 0.381. The summed E-state index contributed by atoms with van der Waals surface area (Å²) < 4.78 is 13.4. The molecule has 0 aliphatic carbocycles. The highest BCUT2D eigenvalue weighted by Crippen LogP contribution is 2.30. The van der Waals surface area contributed by atoms with Gasteiger partial charge in [-0.15, -0.1) is 0 Å². The number of aryl methyl sites for hydroxylation is 1. The molecule has 0 spiro atoms. The van der Waals surface area contributed by atoms with Crippen LogP contribution in [0.3, 0.4) is 0 Å². The second-order valence-electron chi connectivity index (χ2n) is 7.19. The Morgan fingerprint density at radius 1 is 1.19 bits per heavy atom. The number of aromatic nitrogens is 1. The van der Waals surface area contributed by atoms with Crippen molar-refractivity contribution in [2.24, 2.45) is 0 Å². The number of hydrogen-bond acceptors (Lipinski definition) is 4. The lowest BCUT2D eigenvalue weighted by atomic mass is 10.0. The van der Waals surface area contributed by atoms with Gasteiger partial charge in [0.25, 0.3) is 0 Å². The summed E-state index contributed by atoms with van der Waals surface area (Å²) in [6, 6.07) is 10.8. The predicted octanol–water partition coefficient (Wildman–Crippen LogP) is 4.18. The molecule has 3 heterocycles. The van der Waals surface area contributed by atoms with Crippen LogP contribution < -0.4 is 10.4 Å². The van der Waals surface area contributed by atoms with Crippen molar-refractivity contribution in [1.82, 2.24) is 15.3 Å². The minimum Gasteiger partial charge on any atom is -0.299 e. The molecule has 0 bridgehead atoms. The molecule has 0 saturated carbocycles. The van der Waals surface area contributed by atoms with Crippen LogP contribution in [-0.4, -0.2) is 35.6 Å². The van der Waals surface area contributed by atoms with E-state index in [0.717, 1.165) is 43.9 Å². The van der Waals surface area contributed by atoms with Crippen molar-refractivity contribution in [2.45, 2.75) is 31.7 Å². The van der Waals surface area contributed by atoms with Crippen molar-refractivity contribution in [3.8, 4) is 0 Å². The molecular weight excluding hydrogens is 363 g/mol. The van der Waals surface area contributed by atoms with Gasteiger partial charge in [-0.1, -0.05) is 17.7 Å². The van der Waals surface area contributed by atoms with Gasteiger partial charge in [-0.3, -0.25) is 14.9 Å². The zero-order valence-electron chi connectivity index (χ0n) is 15.2. The molecule has 2 aliphatic heterocycles. The van der Waals surface area contributed by atoms with Crippen LogP contribution in [0, 0.1) is 5.82 Å². The summed E-state index contributed by atoms with van der Waals surface area (Å²) in [6.07, 6.45) is 8.36. The van der Waals surface area contributed by atoms with Crippen molar-refractivity contribution in [2.75, 3.05) is 24.6 Å². The maximum atomic E-state index is 13.4. The highest BCUT2D eigenvalue weighted by Gasteiger charge is 2.27. The number of nitrogens with one attached hydrogen (secondary N) is 1. The standard InChI is InChI=1S/C21H24ClFN4/c22-19-13-17(23)6-9-21(19)27-15-16(14-26-11-3-4-12-26)20(25-27)8-7-18-5-1-2-10-24-18/h1-2,5-6,9-10,13,15,20,25H,3-4,7-8,11-12,14H2. The van der Waals surface area contributed by atoms with E-state index in [1.807, 2.05) is 23.3 Å². The molecule has 6 heteroatoms. The molecule has 27 heavy (non-hydrogen) atoms. The Morgan fingerprint density at radius 2 is 2.04 bits per heavy atom. The van der Waals surface area contributed by atoms with Gasteiger partial charge in [0.15, 0.2) is 0 Å². The average molecular weight is 387 g/mol. The van der Waals surface area contributed by atoms with Crippen LogP contribution in [-0.2, 0) is 6.42 Å². The number of likely N-dealkylation sites (tertiary alicyclic amines) is 1. The zero-order chi connectivity index (χ0) is 18.6. The minimum absolute atomic E-state index is 0.216. The Hall–Kier alpha value is -1.95. The summed E-state index contributed by atoms with van der Waals surface area (Å²) in [5, 5.41) is 2.35. The number of halogens is 2. The van der Waals surface area contributed by atoms with E-state index in [0.29, 0.717) is 5.02 Å². The molecule has 1 fully saturated rings. The summed E-state index contributed by atoms with van der Waals surface area (Å²) >= 11 is 6.28. The maximum absolute atomic E-state index is 13.4. The Morgan fingerprint density at radius 3 is 2.78 bits per heavy atom. The Kier molecular flexibility index (Phi) is 5.72. The molecule has 1 atom stereocenters. The quantitative estimate of drug-likeness (QED) is 0.807. The molecule has 2 aromatic rings. The first kappa shape index (κ1) is 18.4. The van der Waals surface area contributed by atoms with Crippen LogP contribution >= 0.6 is 11.6 Å². The van der Waals surface area contributed by atoms with Crippen molar-refractivity contribution < 1.29 is 4.39 Å². The Balaban J connectivity index is 1.51. The molecular formula is C21H24ClFN4. The molecule has 0 amide bonds. The molecule has 1 aromatic heterocycles. The fourth-order valence-electron chi connectivity index (χ4n) is 3.80. The van der Waals surface area contributed by atoms with Crippen molar-refractivity contribution in [3.63, 3.8) is 0 Å². The third-order valence-corrected chi connectivity index (χ3v) is 5.53. The monoisotopic (exact) mass is 386 g/mol. The van der Waals surface area contributed by atoms with E-state index in [1.54, 1.807) is 6.07 Å². The normalized spacial score (nSPS) is 20.3. The lowest BCUT2D eigenvalue weighted by Crippen LogP contribution is -2.38. The highest BCUT2D eigenvalue weighted by molar-refractivity contribution is 6.33. The van der Waals surface area contributed by atoms with Crippen molar-refractivity contribution >= 4 is 17.3 Å². The summed E-state index contributed by atoms with van der Waals surface area (Å²) in [5.41, 5.74) is 6.75. The van der Waals surface area contributed by atoms with Crippen molar-refractivity contribution in [1.29, 1.82) is 0 Å². The number of anilines is 1. The Labute approximate surface area is 164 Å². The SMILES string of the molecule is Fc1ccc(N2C=C(CN3CCCC3)C(CCc3ccccn3)N2)c(Cl)c1. The first-order valence-electron chi connectivity index (χ1n) is 9.52. The third-order valence-electron chi connectivity index (χ3n) is 5.23. The third kappa shape index (κ3) is 4.49. The van der Waals surface area contributed by atoms with Crippen LogP contribution in [0.2, 0.25) is 5.02 Å². The van der Waals surface area contributed by atoms with E-state index >= 15 is 0 Å². The second-order valence-corrected chi connectivity index (χ2v) is 7.60. The smallest absolute Gasteiger partial charge is 0.124 e. The fourth-order valence-corrected chi connectivity index (χ4v) is 4.06. The van der Waals surface area contributed by atoms with Gasteiger partial charge in [-0.25, -0.2) is 9.82 Å². The van der Waals surface area contributed by atoms with Crippen LogP contribution in [0.25, 0.3) is 0 Å². The van der Waals surface area contributed by atoms with Crippen LogP contribution in [0.5, 0.6) is 0 Å². The summed E-state index contributed by atoms with van der Waals surface area (Å²) in [6.45, 7) is 3.26. The number of benzene rings is 1. The van der Waals surface area contributed by atoms with E-state index in [4.69, 9.17) is 11.6 Å². The Bertz CT molecular complexity index is 805. The molecule has 142 valence electrons. The van der Waals surface area contributed by atoms with Gasteiger partial charge in [0.1, 0.15) is 5.82 Å². The maximum Gasteiger partial charge on any atom is 0.124 e. The van der Waals surface area contributed by atoms with Crippen molar-refractivity contribution in [3.05, 3.63) is 70.9 Å². The number of hydrogen-bond donors (Lipinski definition) is 1. The molecule has 1 aromatic carbocycles.